The van der Waals surface area contributed by atoms with Crippen molar-refractivity contribution in [3.63, 3.8) is 0 Å². The molecule has 1 heterocycles. The van der Waals surface area contributed by atoms with Gasteiger partial charge in [-0.1, -0.05) is 37.9 Å². The molecule has 20 heavy (non-hydrogen) atoms. The molecule has 2 rings (SSSR count). The summed E-state index contributed by atoms with van der Waals surface area (Å²) in [6.45, 7) is 0. The highest BCUT2D eigenvalue weighted by molar-refractivity contribution is 9.11. The number of nitrogens with one attached hydrogen (secondary N) is 1. The molecule has 1 aromatic carbocycles. The summed E-state index contributed by atoms with van der Waals surface area (Å²) in [7, 11) is 0. The van der Waals surface area contributed by atoms with Gasteiger partial charge in [0.05, 0.1) is 0 Å². The van der Waals surface area contributed by atoms with Crippen molar-refractivity contribution >= 4 is 49.6 Å². The molecule has 0 spiro atoms. The number of amides is 1. The summed E-state index contributed by atoms with van der Waals surface area (Å²) in [5, 5.41) is 11.4. The number of hydrogen-bond acceptors (Lipinski definition) is 3. The van der Waals surface area contributed by atoms with Gasteiger partial charge in [-0.2, -0.15) is 0 Å². The van der Waals surface area contributed by atoms with Gasteiger partial charge in [-0.3, -0.25) is 4.79 Å². The molecule has 0 aliphatic heterocycles. The van der Waals surface area contributed by atoms with Crippen molar-refractivity contribution in [3.8, 4) is 0 Å². The van der Waals surface area contributed by atoms with Crippen LogP contribution in [0.2, 0.25) is 0 Å². The molecular weight excluding hydrogens is 392 g/mol. The van der Waals surface area contributed by atoms with E-state index in [-0.39, 0.29) is 17.4 Å². The standard InChI is InChI=1S/C13H8Br2N2O3/c14-8-4-7(5-9(15)6-8)12(18)17-11-3-1-2-10(16-11)13(19)20/h1-6H,(H,19,20)(H,16,17,18). The van der Waals surface area contributed by atoms with E-state index in [4.69, 9.17) is 5.11 Å². The van der Waals surface area contributed by atoms with E-state index in [2.05, 4.69) is 42.2 Å². The van der Waals surface area contributed by atoms with Gasteiger partial charge >= 0.3 is 5.97 Å². The van der Waals surface area contributed by atoms with E-state index in [0.717, 1.165) is 8.95 Å². The fraction of sp³-hybridized carbons (Fsp3) is 0. The van der Waals surface area contributed by atoms with Gasteiger partial charge < -0.3 is 10.4 Å². The van der Waals surface area contributed by atoms with Crippen LogP contribution in [-0.4, -0.2) is 22.0 Å². The Hall–Kier alpha value is -1.73. The summed E-state index contributed by atoms with van der Waals surface area (Å²) in [5.74, 6) is -1.33. The van der Waals surface area contributed by atoms with Gasteiger partial charge in [-0.05, 0) is 30.3 Å². The Labute approximate surface area is 131 Å². The Morgan fingerprint density at radius 2 is 1.75 bits per heavy atom. The maximum Gasteiger partial charge on any atom is 0.354 e. The second-order valence-electron chi connectivity index (χ2n) is 3.83. The van der Waals surface area contributed by atoms with E-state index >= 15 is 0 Å². The van der Waals surface area contributed by atoms with Gasteiger partial charge in [0, 0.05) is 14.5 Å². The zero-order valence-electron chi connectivity index (χ0n) is 9.93. The minimum Gasteiger partial charge on any atom is -0.477 e. The molecule has 0 aliphatic carbocycles. The number of halogens is 2. The van der Waals surface area contributed by atoms with E-state index in [1.54, 1.807) is 18.2 Å². The van der Waals surface area contributed by atoms with Crippen LogP contribution in [0.15, 0.2) is 45.3 Å². The van der Waals surface area contributed by atoms with Crippen molar-refractivity contribution in [2.45, 2.75) is 0 Å². The van der Waals surface area contributed by atoms with Crippen LogP contribution >= 0.6 is 31.9 Å². The summed E-state index contributed by atoms with van der Waals surface area (Å²) in [6, 6.07) is 9.51. The van der Waals surface area contributed by atoms with Crippen LogP contribution in [0.5, 0.6) is 0 Å². The predicted octanol–water partition coefficient (Wildman–Crippen LogP) is 3.56. The maximum atomic E-state index is 12.1. The SMILES string of the molecule is O=C(Nc1cccc(C(=O)O)n1)c1cc(Br)cc(Br)c1. The molecule has 7 heteroatoms. The van der Waals surface area contributed by atoms with Gasteiger partial charge in [0.1, 0.15) is 5.82 Å². The number of rotatable bonds is 3. The minimum atomic E-state index is -1.15. The Balaban J connectivity index is 2.23. The number of carbonyl (C=O) groups is 2. The molecule has 2 aromatic rings. The highest BCUT2D eigenvalue weighted by Gasteiger charge is 2.10. The van der Waals surface area contributed by atoms with Gasteiger partial charge in [-0.15, -0.1) is 0 Å². The summed E-state index contributed by atoms with van der Waals surface area (Å²) in [4.78, 5) is 26.7. The highest BCUT2D eigenvalue weighted by atomic mass is 79.9. The number of anilines is 1. The number of carboxylic acid groups (broad SMARTS) is 1. The van der Waals surface area contributed by atoms with Crippen LogP contribution in [0.25, 0.3) is 0 Å². The first-order chi connectivity index (χ1) is 9.45. The molecule has 0 bridgehead atoms. The maximum absolute atomic E-state index is 12.1. The Kier molecular flexibility index (Phi) is 4.51. The summed E-state index contributed by atoms with van der Waals surface area (Å²) >= 11 is 6.59. The zero-order valence-corrected chi connectivity index (χ0v) is 13.1. The zero-order chi connectivity index (χ0) is 14.7. The van der Waals surface area contributed by atoms with Crippen molar-refractivity contribution in [1.82, 2.24) is 4.98 Å². The van der Waals surface area contributed by atoms with E-state index < -0.39 is 5.97 Å². The lowest BCUT2D eigenvalue weighted by atomic mass is 10.2. The molecule has 0 saturated heterocycles. The van der Waals surface area contributed by atoms with Gasteiger partial charge in [-0.25, -0.2) is 9.78 Å². The molecule has 0 radical (unpaired) electrons. The van der Waals surface area contributed by atoms with Crippen LogP contribution in [0.4, 0.5) is 5.82 Å². The Morgan fingerprint density at radius 1 is 1.10 bits per heavy atom. The van der Waals surface area contributed by atoms with E-state index in [1.807, 2.05) is 0 Å². The molecule has 0 unspecified atom stereocenters. The van der Waals surface area contributed by atoms with Crippen LogP contribution in [0, 0.1) is 0 Å². The van der Waals surface area contributed by atoms with E-state index in [1.165, 1.54) is 18.2 Å². The molecule has 0 saturated carbocycles. The largest absolute Gasteiger partial charge is 0.477 e. The third kappa shape index (κ3) is 3.64. The number of aromatic nitrogens is 1. The lowest BCUT2D eigenvalue weighted by Crippen LogP contribution is -2.14. The molecule has 0 atom stereocenters. The molecular formula is C13H8Br2N2O3. The monoisotopic (exact) mass is 398 g/mol. The van der Waals surface area contributed by atoms with E-state index in [9.17, 15) is 9.59 Å². The second-order valence-corrected chi connectivity index (χ2v) is 5.66. The lowest BCUT2D eigenvalue weighted by molar-refractivity contribution is 0.0690. The van der Waals surface area contributed by atoms with Crippen molar-refractivity contribution in [2.24, 2.45) is 0 Å². The van der Waals surface area contributed by atoms with Crippen molar-refractivity contribution in [3.05, 3.63) is 56.6 Å². The average molecular weight is 400 g/mol. The normalized spacial score (nSPS) is 10.1. The highest BCUT2D eigenvalue weighted by Crippen LogP contribution is 2.20. The third-order valence-corrected chi connectivity index (χ3v) is 3.25. The Morgan fingerprint density at radius 3 is 2.35 bits per heavy atom. The number of hydrogen-bond donors (Lipinski definition) is 2. The lowest BCUT2D eigenvalue weighted by Gasteiger charge is -2.06. The minimum absolute atomic E-state index is 0.127. The van der Waals surface area contributed by atoms with Crippen molar-refractivity contribution in [2.75, 3.05) is 5.32 Å². The summed E-state index contributed by atoms with van der Waals surface area (Å²) < 4.78 is 1.51. The van der Waals surface area contributed by atoms with Gasteiger partial charge in [0.15, 0.2) is 5.69 Å². The summed E-state index contributed by atoms with van der Waals surface area (Å²) in [5.41, 5.74) is 0.298. The molecule has 1 aromatic heterocycles. The second kappa shape index (κ2) is 6.15. The van der Waals surface area contributed by atoms with Gasteiger partial charge in [0.25, 0.3) is 5.91 Å². The predicted molar refractivity (Wildman–Crippen MR) is 81.0 cm³/mol. The summed E-state index contributed by atoms with van der Waals surface area (Å²) in [6.07, 6.45) is 0. The molecule has 0 fully saturated rings. The number of carbonyl (C=O) groups excluding carboxylic acids is 1. The average Bonchev–Trinajstić information content (AvgIpc) is 2.37. The first-order valence-corrected chi connectivity index (χ1v) is 7.02. The van der Waals surface area contributed by atoms with Crippen LogP contribution in [0.3, 0.4) is 0 Å². The van der Waals surface area contributed by atoms with Gasteiger partial charge in [0.2, 0.25) is 0 Å². The van der Waals surface area contributed by atoms with Crippen LogP contribution in [0.1, 0.15) is 20.8 Å². The number of aromatic carboxylic acids is 1. The van der Waals surface area contributed by atoms with Crippen LogP contribution in [-0.2, 0) is 0 Å². The number of nitrogens with zero attached hydrogens (tertiary/aromatic N) is 1. The molecule has 2 N–H and O–H groups in total. The molecule has 5 nitrogen and oxygen atoms in total. The first kappa shape index (κ1) is 14.7. The molecule has 1 amide bonds. The topological polar surface area (TPSA) is 79.3 Å². The first-order valence-electron chi connectivity index (χ1n) is 5.43. The fourth-order valence-corrected chi connectivity index (χ4v) is 2.79. The van der Waals surface area contributed by atoms with Crippen LogP contribution < -0.4 is 5.32 Å². The third-order valence-electron chi connectivity index (χ3n) is 2.33. The molecule has 102 valence electrons. The smallest absolute Gasteiger partial charge is 0.354 e. The van der Waals surface area contributed by atoms with E-state index in [0.29, 0.717) is 5.56 Å². The van der Waals surface area contributed by atoms with Crippen molar-refractivity contribution in [1.29, 1.82) is 0 Å². The van der Waals surface area contributed by atoms with Crippen molar-refractivity contribution < 1.29 is 14.7 Å². The molecule has 0 aliphatic rings. The number of carboxylic acids is 1. The number of pyridine rings is 1. The fourth-order valence-electron chi connectivity index (χ4n) is 1.50. The quantitative estimate of drug-likeness (QED) is 0.826. The number of benzene rings is 1. The Bertz CT molecular complexity index is 669.